The zero-order valence-corrected chi connectivity index (χ0v) is 8.27. The number of hydrogen-bond donors (Lipinski definition) is 0. The number of nitrogens with zero attached hydrogens (tertiary/aromatic N) is 1. The van der Waals surface area contributed by atoms with Crippen LogP contribution in [0.15, 0.2) is 29.8 Å². The standard InChI is InChI=1S/C11H10NS/c1-8-4-3-5-10(6-8)11-9(2)12-7-13-11/h3-7H,2H2,1H3. The number of thiazole rings is 1. The van der Waals surface area contributed by atoms with Crippen LogP contribution in [0.2, 0.25) is 0 Å². The van der Waals surface area contributed by atoms with Gasteiger partial charge in [0.2, 0.25) is 0 Å². The van der Waals surface area contributed by atoms with Gasteiger partial charge in [-0.2, -0.15) is 0 Å². The van der Waals surface area contributed by atoms with E-state index < -0.39 is 0 Å². The molecular formula is C11H10NS. The molecule has 65 valence electrons. The van der Waals surface area contributed by atoms with Crippen LogP contribution in [0.1, 0.15) is 11.3 Å². The molecule has 13 heavy (non-hydrogen) atoms. The third-order valence-corrected chi connectivity index (χ3v) is 2.84. The average molecular weight is 188 g/mol. The first kappa shape index (κ1) is 8.45. The van der Waals surface area contributed by atoms with Gasteiger partial charge in [0.15, 0.2) is 0 Å². The molecule has 0 fully saturated rings. The van der Waals surface area contributed by atoms with Gasteiger partial charge < -0.3 is 0 Å². The van der Waals surface area contributed by atoms with Crippen LogP contribution in [0.25, 0.3) is 10.4 Å². The molecule has 0 amide bonds. The molecule has 0 spiro atoms. The molecule has 1 heterocycles. The molecule has 2 rings (SSSR count). The summed E-state index contributed by atoms with van der Waals surface area (Å²) in [4.78, 5) is 5.30. The highest BCUT2D eigenvalue weighted by molar-refractivity contribution is 7.13. The Labute approximate surface area is 82.1 Å². The van der Waals surface area contributed by atoms with Crippen LogP contribution in [0.4, 0.5) is 0 Å². The van der Waals surface area contributed by atoms with Crippen molar-refractivity contribution in [3.8, 4) is 10.4 Å². The van der Waals surface area contributed by atoms with Crippen molar-refractivity contribution in [1.82, 2.24) is 4.98 Å². The highest BCUT2D eigenvalue weighted by atomic mass is 32.1. The average Bonchev–Trinajstić information content (AvgIpc) is 2.51. The van der Waals surface area contributed by atoms with E-state index in [-0.39, 0.29) is 0 Å². The third kappa shape index (κ3) is 1.63. The van der Waals surface area contributed by atoms with Crippen molar-refractivity contribution in [2.24, 2.45) is 0 Å². The molecule has 0 saturated heterocycles. The largest absolute Gasteiger partial charge is 0.249 e. The predicted molar refractivity (Wildman–Crippen MR) is 56.7 cm³/mol. The lowest BCUT2D eigenvalue weighted by Crippen LogP contribution is -1.78. The second-order valence-electron chi connectivity index (χ2n) is 3.00. The summed E-state index contributed by atoms with van der Waals surface area (Å²) < 4.78 is 0. The van der Waals surface area contributed by atoms with Gasteiger partial charge in [-0.1, -0.05) is 29.8 Å². The maximum atomic E-state index is 4.13. The Hall–Kier alpha value is -1.15. The van der Waals surface area contributed by atoms with Crippen LogP contribution in [0, 0.1) is 13.8 Å². The van der Waals surface area contributed by atoms with E-state index in [0.29, 0.717) is 0 Å². The molecule has 1 nitrogen and oxygen atoms in total. The summed E-state index contributed by atoms with van der Waals surface area (Å²) in [6.45, 7) is 5.98. The Morgan fingerprint density at radius 3 is 2.85 bits per heavy atom. The fraction of sp³-hybridized carbons (Fsp3) is 0.0909. The molecule has 2 heteroatoms. The van der Waals surface area contributed by atoms with Gasteiger partial charge in [0, 0.05) is 0 Å². The van der Waals surface area contributed by atoms with Crippen molar-refractivity contribution in [2.75, 3.05) is 0 Å². The van der Waals surface area contributed by atoms with E-state index in [2.05, 4.69) is 43.1 Å². The Morgan fingerprint density at radius 1 is 1.38 bits per heavy atom. The summed E-state index contributed by atoms with van der Waals surface area (Å²) in [5.74, 6) is 0. The van der Waals surface area contributed by atoms with Crippen LogP contribution >= 0.6 is 11.3 Å². The first-order valence-electron chi connectivity index (χ1n) is 4.10. The Kier molecular flexibility index (Phi) is 2.15. The van der Waals surface area contributed by atoms with Crippen LogP contribution in [-0.2, 0) is 0 Å². The maximum Gasteiger partial charge on any atom is 0.0801 e. The van der Waals surface area contributed by atoms with Crippen molar-refractivity contribution >= 4 is 11.3 Å². The second kappa shape index (κ2) is 3.30. The van der Waals surface area contributed by atoms with Crippen molar-refractivity contribution in [2.45, 2.75) is 6.92 Å². The second-order valence-corrected chi connectivity index (χ2v) is 3.85. The van der Waals surface area contributed by atoms with E-state index in [1.54, 1.807) is 11.3 Å². The highest BCUT2D eigenvalue weighted by Crippen LogP contribution is 2.27. The molecule has 0 aliphatic carbocycles. The van der Waals surface area contributed by atoms with Crippen molar-refractivity contribution in [3.63, 3.8) is 0 Å². The van der Waals surface area contributed by atoms with Gasteiger partial charge in [-0.05, 0) is 19.4 Å². The van der Waals surface area contributed by atoms with E-state index in [4.69, 9.17) is 0 Å². The van der Waals surface area contributed by atoms with Gasteiger partial charge in [0.1, 0.15) is 0 Å². The van der Waals surface area contributed by atoms with Gasteiger partial charge in [-0.15, -0.1) is 11.3 Å². The van der Waals surface area contributed by atoms with E-state index >= 15 is 0 Å². The number of hydrogen-bond acceptors (Lipinski definition) is 2. The summed E-state index contributed by atoms with van der Waals surface area (Å²) in [7, 11) is 0. The minimum Gasteiger partial charge on any atom is -0.249 e. The summed E-state index contributed by atoms with van der Waals surface area (Å²) in [6, 6.07) is 8.40. The Morgan fingerprint density at radius 2 is 2.23 bits per heavy atom. The number of aryl methyl sites for hydroxylation is 1. The monoisotopic (exact) mass is 188 g/mol. The molecule has 0 unspecified atom stereocenters. The topological polar surface area (TPSA) is 12.9 Å². The minimum atomic E-state index is 0.871. The molecule has 0 aliphatic rings. The third-order valence-electron chi connectivity index (χ3n) is 1.92. The van der Waals surface area contributed by atoms with Gasteiger partial charge in [0.05, 0.1) is 16.1 Å². The van der Waals surface area contributed by atoms with Crippen molar-refractivity contribution in [1.29, 1.82) is 0 Å². The molecule has 0 bridgehead atoms. The summed E-state index contributed by atoms with van der Waals surface area (Å²) >= 11 is 1.64. The summed E-state index contributed by atoms with van der Waals surface area (Å²) in [5.41, 5.74) is 5.19. The number of aromatic nitrogens is 1. The predicted octanol–water partition coefficient (Wildman–Crippen LogP) is 3.30. The molecule has 1 aromatic carbocycles. The zero-order valence-electron chi connectivity index (χ0n) is 7.45. The van der Waals surface area contributed by atoms with Gasteiger partial charge >= 0.3 is 0 Å². The van der Waals surface area contributed by atoms with Gasteiger partial charge in [0.25, 0.3) is 0 Å². The molecule has 0 saturated carbocycles. The lowest BCUT2D eigenvalue weighted by Gasteiger charge is -1.99. The smallest absolute Gasteiger partial charge is 0.0801 e. The molecule has 1 radical (unpaired) electrons. The first-order valence-corrected chi connectivity index (χ1v) is 4.98. The quantitative estimate of drug-likeness (QED) is 0.669. The van der Waals surface area contributed by atoms with Crippen LogP contribution < -0.4 is 0 Å². The summed E-state index contributed by atoms with van der Waals surface area (Å²) in [5, 5.41) is 0. The van der Waals surface area contributed by atoms with Crippen molar-refractivity contribution in [3.05, 3.63) is 48.0 Å². The molecule has 1 aromatic heterocycles. The lowest BCUT2D eigenvalue weighted by atomic mass is 10.1. The highest BCUT2D eigenvalue weighted by Gasteiger charge is 2.03. The van der Waals surface area contributed by atoms with Crippen LogP contribution in [0.5, 0.6) is 0 Å². The summed E-state index contributed by atoms with van der Waals surface area (Å²) in [6.07, 6.45) is 0. The number of rotatable bonds is 1. The van der Waals surface area contributed by atoms with E-state index in [0.717, 1.165) is 5.69 Å². The minimum absolute atomic E-state index is 0.871. The van der Waals surface area contributed by atoms with E-state index in [9.17, 15) is 0 Å². The van der Waals surface area contributed by atoms with E-state index in [1.165, 1.54) is 16.0 Å². The zero-order chi connectivity index (χ0) is 9.26. The van der Waals surface area contributed by atoms with Crippen LogP contribution in [-0.4, -0.2) is 4.98 Å². The fourth-order valence-corrected chi connectivity index (χ4v) is 2.03. The molecule has 2 aromatic rings. The Balaban J connectivity index is 2.53. The SMILES string of the molecule is [CH2]c1ncsc1-c1cccc(C)c1. The number of benzene rings is 1. The Bertz CT molecular complexity index is 418. The van der Waals surface area contributed by atoms with Crippen LogP contribution in [0.3, 0.4) is 0 Å². The first-order chi connectivity index (χ1) is 6.27. The molecule has 0 atom stereocenters. The van der Waals surface area contributed by atoms with Gasteiger partial charge in [-0.3, -0.25) is 0 Å². The van der Waals surface area contributed by atoms with E-state index in [1.807, 2.05) is 5.51 Å². The maximum absolute atomic E-state index is 4.13. The molecule has 0 N–H and O–H groups in total. The van der Waals surface area contributed by atoms with Gasteiger partial charge in [-0.25, -0.2) is 4.98 Å². The lowest BCUT2D eigenvalue weighted by molar-refractivity contribution is 1.35. The normalized spacial score (nSPS) is 10.3. The molecular weight excluding hydrogens is 178 g/mol. The fourth-order valence-electron chi connectivity index (χ4n) is 1.29. The van der Waals surface area contributed by atoms with Crippen molar-refractivity contribution < 1.29 is 0 Å². The molecule has 0 aliphatic heterocycles.